The molecule has 4 saturated carbocycles. The molecule has 0 radical (unpaired) electrons. The fourth-order valence-corrected chi connectivity index (χ4v) is 18.8. The summed E-state index contributed by atoms with van der Waals surface area (Å²) in [5, 5.41) is 33.8. The Morgan fingerprint density at radius 2 is 1.43 bits per heavy atom. The van der Waals surface area contributed by atoms with Crippen molar-refractivity contribution in [2.75, 3.05) is 76.8 Å². The van der Waals surface area contributed by atoms with Gasteiger partial charge in [-0.05, 0) is 124 Å². The Balaban J connectivity index is 0.646. The molecule has 22 heteroatoms. The maximum absolute atomic E-state index is 14.2. The van der Waals surface area contributed by atoms with Crippen LogP contribution in [-0.2, 0) is 38.8 Å². The van der Waals surface area contributed by atoms with Gasteiger partial charge in [-0.1, -0.05) is 46.5 Å². The third kappa shape index (κ3) is 14.9. The van der Waals surface area contributed by atoms with Gasteiger partial charge in [-0.3, -0.25) is 39.0 Å². The Bertz CT molecular complexity index is 2240. The highest BCUT2D eigenvalue weighted by atomic mass is 32.2. The lowest BCUT2D eigenvalue weighted by molar-refractivity contribution is -0.150. The number of aliphatic hydroxyl groups is 1. The van der Waals surface area contributed by atoms with E-state index in [2.05, 4.69) is 49.0 Å². The zero-order chi connectivity index (χ0) is 54.8. The van der Waals surface area contributed by atoms with E-state index in [1.54, 1.807) is 11.8 Å². The molecular weight excluding hydrogens is 1040 g/mol. The Morgan fingerprint density at radius 3 is 2.12 bits per heavy atom. The number of amides is 6. The van der Waals surface area contributed by atoms with Gasteiger partial charge < -0.3 is 41.9 Å². The lowest BCUT2D eigenvalue weighted by atomic mass is 9.57. The molecule has 434 valence electrons. The molecule has 1 spiro atoms. The third-order valence-electron chi connectivity index (χ3n) is 19.5. The molecule has 4 aliphatic carbocycles. The van der Waals surface area contributed by atoms with Crippen molar-refractivity contribution in [2.24, 2.45) is 58.2 Å². The fourth-order valence-electron chi connectivity index (χ4n) is 15.1. The summed E-state index contributed by atoms with van der Waals surface area (Å²) in [6.07, 6.45) is 16.5. The number of carbonyl (C=O) groups excluding carboxylic acids is 6. The van der Waals surface area contributed by atoms with Crippen LogP contribution in [0.5, 0.6) is 0 Å². The minimum atomic E-state index is -3.35. The molecule has 0 bridgehead atoms. The van der Waals surface area contributed by atoms with Crippen molar-refractivity contribution < 1.29 is 42.3 Å². The molecule has 9 unspecified atom stereocenters. The molecular formula is C55H92N10O9S3. The summed E-state index contributed by atoms with van der Waals surface area (Å²) in [7, 11) is -3.35. The first-order valence-electron chi connectivity index (χ1n) is 29.4. The van der Waals surface area contributed by atoms with E-state index in [9.17, 15) is 42.3 Å². The maximum atomic E-state index is 14.2. The van der Waals surface area contributed by atoms with Crippen LogP contribution in [0, 0.1) is 58.2 Å². The number of aliphatic hydroxyl groups excluding tert-OH is 1. The van der Waals surface area contributed by atoms with Gasteiger partial charge in [0.25, 0.3) is 0 Å². The molecule has 0 aromatic carbocycles. The Hall–Kier alpha value is -2.73. The van der Waals surface area contributed by atoms with Crippen LogP contribution in [0.4, 0.5) is 0 Å². The smallest absolute Gasteiger partial charge is 0.246 e. The van der Waals surface area contributed by atoms with E-state index < -0.39 is 39.5 Å². The highest BCUT2D eigenvalue weighted by Crippen LogP contribution is 2.52. The summed E-state index contributed by atoms with van der Waals surface area (Å²) in [6.45, 7) is 11.3. The molecule has 12 atom stereocenters. The number of nitrogens with one attached hydrogen (secondary N) is 7. The van der Waals surface area contributed by atoms with Gasteiger partial charge in [0, 0.05) is 87.1 Å². The summed E-state index contributed by atoms with van der Waals surface area (Å²) in [4.78, 5) is 84.0. The van der Waals surface area contributed by atoms with Gasteiger partial charge in [0.05, 0.1) is 31.4 Å². The number of hydrogen-bond acceptors (Lipinski definition) is 14. The van der Waals surface area contributed by atoms with Gasteiger partial charge in [-0.2, -0.15) is 0 Å². The Morgan fingerprint density at radius 1 is 0.753 bits per heavy atom. The number of likely N-dealkylation sites (tertiary alicyclic amines) is 2. The Kier molecular flexibility index (Phi) is 19.3. The number of rotatable bonds is 18. The molecule has 19 nitrogen and oxygen atoms in total. The summed E-state index contributed by atoms with van der Waals surface area (Å²) < 4.78 is 25.0. The molecule has 77 heavy (non-hydrogen) atoms. The highest BCUT2D eigenvalue weighted by molar-refractivity contribution is 8.00. The first kappa shape index (κ1) is 58.9. The predicted octanol–water partition coefficient (Wildman–Crippen LogP) is 2.40. The average molecular weight is 1130 g/mol. The molecule has 5 aliphatic heterocycles. The fraction of sp³-hybridized carbons (Fsp3) is 0.891. The minimum absolute atomic E-state index is 0.0120. The van der Waals surface area contributed by atoms with Crippen LogP contribution in [-0.4, -0.2) is 181 Å². The summed E-state index contributed by atoms with van der Waals surface area (Å²) >= 11 is 3.72. The number of hydrogen-bond donors (Lipinski definition) is 8. The van der Waals surface area contributed by atoms with Crippen LogP contribution in [0.1, 0.15) is 130 Å². The molecule has 5 heterocycles. The SMILES string of the molecule is CC1NCSC1C1CCC(CNC(=O)[C@@H]2C[C@@H](O)CN2C(=O)[C@@H](NC(=O)CN2CC3(CC(C(=O)NCC4CCCC(C5CCCC(C6CSC(NC(=O)CNC(=O)C7CCN(S(C)(=O)=O)C7)N6)C5)C4)C3)C2)C(C)(C)C)CC1. The summed E-state index contributed by atoms with van der Waals surface area (Å²) in [6, 6.07) is -0.810. The second-order valence-corrected chi connectivity index (χ2v) is 30.7. The van der Waals surface area contributed by atoms with E-state index in [4.69, 9.17) is 0 Å². The van der Waals surface area contributed by atoms with Crippen molar-refractivity contribution in [2.45, 2.75) is 171 Å². The number of sulfonamides is 1. The highest BCUT2D eigenvalue weighted by Gasteiger charge is 2.55. The van der Waals surface area contributed by atoms with Crippen molar-refractivity contribution in [1.29, 1.82) is 0 Å². The molecule has 9 rings (SSSR count). The third-order valence-corrected chi connectivity index (χ3v) is 23.4. The van der Waals surface area contributed by atoms with Crippen molar-refractivity contribution in [1.82, 2.24) is 51.3 Å². The molecule has 5 saturated heterocycles. The van der Waals surface area contributed by atoms with Crippen LogP contribution in [0.2, 0.25) is 0 Å². The van der Waals surface area contributed by atoms with Crippen LogP contribution >= 0.6 is 23.5 Å². The van der Waals surface area contributed by atoms with Gasteiger partial charge in [0.2, 0.25) is 45.5 Å². The van der Waals surface area contributed by atoms with Crippen LogP contribution in [0.15, 0.2) is 0 Å². The molecule has 6 amide bonds. The lowest BCUT2D eigenvalue weighted by Crippen LogP contribution is -2.66. The van der Waals surface area contributed by atoms with Crippen LogP contribution < -0.4 is 37.2 Å². The van der Waals surface area contributed by atoms with Gasteiger partial charge in [-0.25, -0.2) is 12.7 Å². The maximum Gasteiger partial charge on any atom is 0.246 e. The number of nitrogens with zero attached hydrogens (tertiary/aromatic N) is 3. The van der Waals surface area contributed by atoms with E-state index in [1.807, 2.05) is 32.5 Å². The summed E-state index contributed by atoms with van der Waals surface area (Å²) in [5.74, 6) is 3.66. The van der Waals surface area contributed by atoms with Crippen molar-refractivity contribution in [3.8, 4) is 0 Å². The number of β-amino-alcohol motifs (C(OH)–C–C–N with tert-alkyl or cyclic N) is 1. The molecule has 0 aromatic rings. The predicted molar refractivity (Wildman–Crippen MR) is 299 cm³/mol. The van der Waals surface area contributed by atoms with Crippen LogP contribution in [0.3, 0.4) is 0 Å². The first-order valence-corrected chi connectivity index (χ1v) is 33.3. The number of carbonyl (C=O) groups is 6. The van der Waals surface area contributed by atoms with Gasteiger partial charge in [0.1, 0.15) is 17.6 Å². The quantitative estimate of drug-likeness (QED) is 0.0983. The van der Waals surface area contributed by atoms with Crippen molar-refractivity contribution >= 4 is 69.0 Å². The summed E-state index contributed by atoms with van der Waals surface area (Å²) in [5.41, 5.74) is -0.804. The largest absolute Gasteiger partial charge is 0.391 e. The monoisotopic (exact) mass is 1130 g/mol. The van der Waals surface area contributed by atoms with Gasteiger partial charge >= 0.3 is 0 Å². The van der Waals surface area contributed by atoms with Gasteiger partial charge in [-0.15, -0.1) is 23.5 Å². The molecule has 0 aromatic heterocycles. The minimum Gasteiger partial charge on any atom is -0.391 e. The van der Waals surface area contributed by atoms with E-state index >= 15 is 0 Å². The second kappa shape index (κ2) is 25.2. The van der Waals surface area contributed by atoms with E-state index in [1.165, 1.54) is 47.7 Å². The normalized spacial score (nSPS) is 35.4. The van der Waals surface area contributed by atoms with Crippen LogP contribution in [0.25, 0.3) is 0 Å². The Labute approximate surface area is 466 Å². The van der Waals surface area contributed by atoms with E-state index in [0.717, 1.165) is 88.9 Å². The topological polar surface area (TPSA) is 251 Å². The van der Waals surface area contributed by atoms with Gasteiger partial charge in [0.15, 0.2) is 0 Å². The zero-order valence-corrected chi connectivity index (χ0v) is 49.0. The zero-order valence-electron chi connectivity index (χ0n) is 46.5. The van der Waals surface area contributed by atoms with Crippen molar-refractivity contribution in [3.63, 3.8) is 0 Å². The van der Waals surface area contributed by atoms with E-state index in [0.29, 0.717) is 72.4 Å². The second-order valence-electron chi connectivity index (χ2n) is 26.4. The number of thioether (sulfide) groups is 2. The molecule has 8 N–H and O–H groups in total. The average Bonchev–Trinajstić information content (AvgIpc) is 4.35. The molecule has 9 fully saturated rings. The molecule has 9 aliphatic rings. The lowest BCUT2D eigenvalue weighted by Gasteiger charge is -2.58. The van der Waals surface area contributed by atoms with E-state index in [-0.39, 0.29) is 84.9 Å². The van der Waals surface area contributed by atoms with Crippen molar-refractivity contribution in [3.05, 3.63) is 0 Å². The standard InChI is InChI=1S/C55H92N10O9S3/c1-33-47(76-32-59-33)36-14-12-34(13-15-36)23-57-51(71)44-20-42(66)27-65(44)52(72)48(54(2,3)4)61-46(68)28-63-30-55(31-63)21-41(22-55)50(70)56-24-35-8-6-9-37(18-35)38-10-7-11-39(19-38)43-29-75-53(60-43)62-45(67)25-58-49(69)40-16-17-64(26-40)77(5,73)74/h33-44,47-48,53,59-60,66H,6-32H2,1-5H3,(H,56,70)(H,57,71)(H,58,69)(H,61,68)(H,62,67)/t33?,34?,35?,36?,37?,38?,39?,40?,42-,43?,44+,47?,48-,53?/m1/s1. The first-order chi connectivity index (χ1) is 36.6.